The minimum absolute atomic E-state index is 0.105. The molecule has 0 aliphatic heterocycles. The number of hydrogen-bond donors (Lipinski definition) is 2. The quantitative estimate of drug-likeness (QED) is 0.503. The average molecular weight is 340 g/mol. The fourth-order valence-corrected chi connectivity index (χ4v) is 2.53. The van der Waals surface area contributed by atoms with Gasteiger partial charge in [-0.3, -0.25) is 15.0 Å². The van der Waals surface area contributed by atoms with E-state index in [1.54, 1.807) is 32.2 Å². The number of pyridine rings is 1. The highest BCUT2D eigenvalue weighted by Gasteiger charge is 2.15. The van der Waals surface area contributed by atoms with Gasteiger partial charge in [-0.15, -0.1) is 0 Å². The van der Waals surface area contributed by atoms with E-state index in [1.807, 2.05) is 5.43 Å². The van der Waals surface area contributed by atoms with Gasteiger partial charge in [-0.25, -0.2) is 5.84 Å². The molecule has 0 spiro atoms. The van der Waals surface area contributed by atoms with Gasteiger partial charge < -0.3 is 8.98 Å². The summed E-state index contributed by atoms with van der Waals surface area (Å²) in [7, 11) is 0. The first-order valence-electron chi connectivity index (χ1n) is 5.89. The molecule has 0 radical (unpaired) electrons. The Morgan fingerprint density at radius 3 is 2.75 bits per heavy atom. The third-order valence-electron chi connectivity index (χ3n) is 2.86. The van der Waals surface area contributed by atoms with Crippen molar-refractivity contribution in [2.75, 3.05) is 0 Å². The van der Waals surface area contributed by atoms with Crippen molar-refractivity contribution in [3.05, 3.63) is 55.8 Å². The van der Waals surface area contributed by atoms with Crippen molar-refractivity contribution in [1.29, 1.82) is 0 Å². The van der Waals surface area contributed by atoms with Gasteiger partial charge in [0, 0.05) is 21.8 Å². The molecule has 0 bridgehead atoms. The van der Waals surface area contributed by atoms with Crippen molar-refractivity contribution < 1.29 is 9.21 Å². The zero-order valence-corrected chi connectivity index (χ0v) is 12.7. The number of aromatic nitrogens is 1. The van der Waals surface area contributed by atoms with Crippen LogP contribution in [-0.4, -0.2) is 10.5 Å². The summed E-state index contributed by atoms with van der Waals surface area (Å²) in [6.45, 7) is 3.73. The van der Waals surface area contributed by atoms with Crippen molar-refractivity contribution in [1.82, 2.24) is 9.99 Å². The summed E-state index contributed by atoms with van der Waals surface area (Å²) in [6.07, 6.45) is 1.68. The molecular weight excluding hydrogens is 326 g/mol. The number of halogens is 1. The van der Waals surface area contributed by atoms with Crippen LogP contribution in [0.2, 0.25) is 0 Å². The Hall–Kier alpha value is -1.86. The van der Waals surface area contributed by atoms with Crippen LogP contribution in [0.25, 0.3) is 0 Å². The molecule has 0 atom stereocenters. The van der Waals surface area contributed by atoms with E-state index in [-0.39, 0.29) is 17.9 Å². The summed E-state index contributed by atoms with van der Waals surface area (Å²) in [5.41, 5.74) is 3.21. The lowest BCUT2D eigenvalue weighted by atomic mass is 10.2. The number of furan rings is 1. The number of nitrogen functional groups attached to an aromatic ring is 1. The van der Waals surface area contributed by atoms with E-state index in [4.69, 9.17) is 10.3 Å². The van der Waals surface area contributed by atoms with Crippen molar-refractivity contribution in [3.8, 4) is 0 Å². The van der Waals surface area contributed by atoms with Gasteiger partial charge in [0.1, 0.15) is 5.76 Å². The van der Waals surface area contributed by atoms with Gasteiger partial charge >= 0.3 is 5.91 Å². The van der Waals surface area contributed by atoms with Crippen LogP contribution < -0.4 is 16.8 Å². The summed E-state index contributed by atoms with van der Waals surface area (Å²) in [5.74, 6) is 5.25. The Balaban J connectivity index is 2.36. The smallest absolute Gasteiger partial charge is 0.301 e. The lowest BCUT2D eigenvalue weighted by Crippen LogP contribution is -2.30. The number of amides is 1. The van der Waals surface area contributed by atoms with E-state index < -0.39 is 5.91 Å². The lowest BCUT2D eigenvalue weighted by Gasteiger charge is -2.05. The second kappa shape index (κ2) is 5.64. The van der Waals surface area contributed by atoms with Crippen LogP contribution in [-0.2, 0) is 6.54 Å². The largest absolute Gasteiger partial charge is 0.454 e. The fraction of sp³-hybridized carbons (Fsp3) is 0.231. The highest BCUT2D eigenvalue weighted by Crippen LogP contribution is 2.16. The number of nitrogens with two attached hydrogens (primary N) is 1. The van der Waals surface area contributed by atoms with Crippen LogP contribution in [0.1, 0.15) is 27.4 Å². The summed E-state index contributed by atoms with van der Waals surface area (Å²) in [4.78, 5) is 23.5. The van der Waals surface area contributed by atoms with Crippen LogP contribution in [0.5, 0.6) is 0 Å². The Morgan fingerprint density at radius 1 is 1.40 bits per heavy atom. The highest BCUT2D eigenvalue weighted by atomic mass is 79.9. The molecular formula is C13H14BrN3O3. The van der Waals surface area contributed by atoms with Crippen molar-refractivity contribution in [3.63, 3.8) is 0 Å². The monoisotopic (exact) mass is 339 g/mol. The molecule has 0 saturated heterocycles. The Bertz CT molecular complexity index is 718. The van der Waals surface area contributed by atoms with E-state index in [1.165, 1.54) is 4.57 Å². The minimum atomic E-state index is -0.494. The molecule has 7 heteroatoms. The van der Waals surface area contributed by atoms with E-state index in [9.17, 15) is 9.59 Å². The van der Waals surface area contributed by atoms with Gasteiger partial charge in [-0.2, -0.15) is 0 Å². The number of carbonyl (C=O) groups excluding carboxylic acids is 1. The molecule has 2 aromatic rings. The van der Waals surface area contributed by atoms with Crippen molar-refractivity contribution in [2.24, 2.45) is 5.84 Å². The molecule has 0 fully saturated rings. The molecule has 0 aliphatic carbocycles. The maximum Gasteiger partial charge on any atom is 0.301 e. The maximum atomic E-state index is 12.0. The number of aryl methyl sites for hydroxylation is 2. The Labute approximate surface area is 123 Å². The number of rotatable bonds is 3. The van der Waals surface area contributed by atoms with Gasteiger partial charge in [0.25, 0.3) is 5.56 Å². The van der Waals surface area contributed by atoms with Crippen LogP contribution in [0.3, 0.4) is 0 Å². The highest BCUT2D eigenvalue weighted by molar-refractivity contribution is 9.10. The van der Waals surface area contributed by atoms with Gasteiger partial charge in [-0.1, -0.05) is 0 Å². The first kappa shape index (κ1) is 14.5. The molecule has 2 aromatic heterocycles. The van der Waals surface area contributed by atoms with Gasteiger partial charge in [-0.05, 0) is 41.9 Å². The number of nitrogens with zero attached hydrogens (tertiary/aromatic N) is 1. The SMILES string of the molecule is Cc1cc(Cn2cc(Br)cc(C)c2=O)oc1C(=O)NN. The number of nitrogens with one attached hydrogen (secondary N) is 1. The molecule has 1 amide bonds. The zero-order chi connectivity index (χ0) is 14.9. The lowest BCUT2D eigenvalue weighted by molar-refractivity contribution is 0.0923. The second-order valence-electron chi connectivity index (χ2n) is 4.47. The topological polar surface area (TPSA) is 90.3 Å². The molecule has 6 nitrogen and oxygen atoms in total. The summed E-state index contributed by atoms with van der Waals surface area (Å²) in [5, 5.41) is 0. The molecule has 3 N–H and O–H groups in total. The summed E-state index contributed by atoms with van der Waals surface area (Å²) in [6, 6.07) is 3.47. The molecule has 20 heavy (non-hydrogen) atoms. The van der Waals surface area contributed by atoms with Crippen molar-refractivity contribution in [2.45, 2.75) is 20.4 Å². The molecule has 0 unspecified atom stereocenters. The van der Waals surface area contributed by atoms with Gasteiger partial charge in [0.05, 0.1) is 6.54 Å². The molecule has 0 aromatic carbocycles. The fourth-order valence-electron chi connectivity index (χ4n) is 1.94. The van der Waals surface area contributed by atoms with Gasteiger partial charge in [0.15, 0.2) is 5.76 Å². The van der Waals surface area contributed by atoms with E-state index in [0.717, 1.165) is 4.47 Å². The first-order chi connectivity index (χ1) is 9.42. The predicted molar refractivity (Wildman–Crippen MR) is 77.3 cm³/mol. The number of hydrogen-bond acceptors (Lipinski definition) is 4. The first-order valence-corrected chi connectivity index (χ1v) is 6.68. The average Bonchev–Trinajstić information content (AvgIpc) is 2.75. The second-order valence-corrected chi connectivity index (χ2v) is 5.39. The number of hydrazine groups is 1. The summed E-state index contributed by atoms with van der Waals surface area (Å²) < 4.78 is 7.76. The molecule has 0 aliphatic rings. The van der Waals surface area contributed by atoms with E-state index >= 15 is 0 Å². The van der Waals surface area contributed by atoms with E-state index in [2.05, 4.69) is 15.9 Å². The molecule has 106 valence electrons. The molecule has 0 saturated carbocycles. The molecule has 2 rings (SSSR count). The predicted octanol–water partition coefficient (Wildman–Crippen LogP) is 1.47. The Morgan fingerprint density at radius 2 is 2.10 bits per heavy atom. The van der Waals surface area contributed by atoms with Crippen molar-refractivity contribution >= 4 is 21.8 Å². The number of carbonyl (C=O) groups is 1. The van der Waals surface area contributed by atoms with Crippen LogP contribution >= 0.6 is 15.9 Å². The van der Waals surface area contributed by atoms with Crippen LogP contribution in [0, 0.1) is 13.8 Å². The van der Waals surface area contributed by atoms with Crippen LogP contribution in [0.15, 0.2) is 32.0 Å². The molecule has 2 heterocycles. The Kier molecular flexibility index (Phi) is 4.10. The third-order valence-corrected chi connectivity index (χ3v) is 3.30. The minimum Gasteiger partial charge on any atom is -0.454 e. The third kappa shape index (κ3) is 2.83. The normalized spacial score (nSPS) is 10.6. The standard InChI is InChI=1S/C13H14BrN3O3/c1-7-4-10(20-11(7)12(18)16-15)6-17-5-9(14)3-8(2)13(17)19/h3-5H,6,15H2,1-2H3,(H,16,18). The van der Waals surface area contributed by atoms with E-state index in [0.29, 0.717) is 16.9 Å². The van der Waals surface area contributed by atoms with Gasteiger partial charge in [0.2, 0.25) is 0 Å². The maximum absolute atomic E-state index is 12.0. The zero-order valence-electron chi connectivity index (χ0n) is 11.1. The van der Waals surface area contributed by atoms with Crippen LogP contribution in [0.4, 0.5) is 0 Å². The summed E-state index contributed by atoms with van der Waals surface area (Å²) >= 11 is 3.34.